The zero-order valence-electron chi connectivity index (χ0n) is 16.4. The zero-order valence-corrected chi connectivity index (χ0v) is 16.4. The van der Waals surface area contributed by atoms with Gasteiger partial charge in [0.25, 0.3) is 5.91 Å². The van der Waals surface area contributed by atoms with E-state index in [9.17, 15) is 9.59 Å². The van der Waals surface area contributed by atoms with Crippen molar-refractivity contribution in [1.82, 2.24) is 10.2 Å². The second kappa shape index (κ2) is 8.53. The van der Waals surface area contributed by atoms with Gasteiger partial charge in [-0.25, -0.2) is 0 Å². The van der Waals surface area contributed by atoms with Gasteiger partial charge in [-0.15, -0.1) is 0 Å². The summed E-state index contributed by atoms with van der Waals surface area (Å²) in [6, 6.07) is 13.2. The van der Waals surface area contributed by atoms with E-state index < -0.39 is 0 Å². The summed E-state index contributed by atoms with van der Waals surface area (Å²) in [7, 11) is 1.89. The molecule has 0 saturated heterocycles. The molecule has 1 heterocycles. The van der Waals surface area contributed by atoms with Crippen molar-refractivity contribution in [3.63, 3.8) is 0 Å². The molecule has 2 aromatic rings. The average molecular weight is 395 g/mol. The van der Waals surface area contributed by atoms with Gasteiger partial charge in [-0.05, 0) is 49.7 Å². The number of amides is 2. The fourth-order valence-corrected chi connectivity index (χ4v) is 3.19. The molecule has 0 bridgehead atoms. The summed E-state index contributed by atoms with van der Waals surface area (Å²) in [5.41, 5.74) is 2.39. The van der Waals surface area contributed by atoms with E-state index in [0.717, 1.165) is 18.4 Å². The minimum Gasteiger partial charge on any atom is -0.486 e. The van der Waals surface area contributed by atoms with Gasteiger partial charge in [-0.3, -0.25) is 14.5 Å². The molecule has 7 nitrogen and oxygen atoms in total. The summed E-state index contributed by atoms with van der Waals surface area (Å²) >= 11 is 0. The van der Waals surface area contributed by atoms with E-state index in [0.29, 0.717) is 48.6 Å². The number of rotatable bonds is 7. The van der Waals surface area contributed by atoms with E-state index in [1.807, 2.05) is 36.2 Å². The number of nitrogens with zero attached hydrogens (tertiary/aromatic N) is 1. The normalized spacial score (nSPS) is 15.1. The molecule has 7 heteroatoms. The number of hydrogen-bond donors (Lipinski definition) is 2. The Bertz CT molecular complexity index is 893. The average Bonchev–Trinajstić information content (AvgIpc) is 3.52. The number of carbonyl (C=O) groups is 2. The Morgan fingerprint density at radius 3 is 2.48 bits per heavy atom. The number of fused-ring (bicyclic) bond motifs is 1. The molecule has 2 aliphatic rings. The molecule has 2 aromatic carbocycles. The number of likely N-dealkylation sites (N-methyl/N-ethyl adjacent to an activating group) is 1. The molecule has 2 N–H and O–H groups in total. The Kier molecular flexibility index (Phi) is 5.67. The van der Waals surface area contributed by atoms with Gasteiger partial charge in [-0.1, -0.05) is 12.1 Å². The van der Waals surface area contributed by atoms with Crippen molar-refractivity contribution >= 4 is 17.5 Å². The Labute approximate surface area is 170 Å². The van der Waals surface area contributed by atoms with E-state index >= 15 is 0 Å². The van der Waals surface area contributed by atoms with E-state index in [1.165, 1.54) is 0 Å². The molecule has 1 aliphatic heterocycles. The monoisotopic (exact) mass is 395 g/mol. The van der Waals surface area contributed by atoms with E-state index in [2.05, 4.69) is 10.6 Å². The molecule has 4 rings (SSSR count). The fraction of sp³-hybridized carbons (Fsp3) is 0.364. The highest BCUT2D eigenvalue weighted by molar-refractivity contribution is 5.94. The number of carbonyl (C=O) groups excluding carboxylic acids is 2. The number of ether oxygens (including phenoxy) is 2. The van der Waals surface area contributed by atoms with Crippen LogP contribution in [-0.2, 0) is 11.3 Å². The van der Waals surface area contributed by atoms with E-state index in [4.69, 9.17) is 9.47 Å². The van der Waals surface area contributed by atoms with Gasteiger partial charge in [-0.2, -0.15) is 0 Å². The highest BCUT2D eigenvalue weighted by Crippen LogP contribution is 2.32. The van der Waals surface area contributed by atoms with Gasteiger partial charge in [0.1, 0.15) is 13.2 Å². The van der Waals surface area contributed by atoms with Gasteiger partial charge in [0, 0.05) is 29.9 Å². The molecular formula is C22H25N3O4. The van der Waals surface area contributed by atoms with Crippen molar-refractivity contribution in [2.45, 2.75) is 25.4 Å². The highest BCUT2D eigenvalue weighted by atomic mass is 16.6. The molecule has 0 unspecified atom stereocenters. The van der Waals surface area contributed by atoms with Gasteiger partial charge in [0.2, 0.25) is 5.91 Å². The lowest BCUT2D eigenvalue weighted by molar-refractivity contribution is -0.117. The van der Waals surface area contributed by atoms with Crippen LogP contribution in [0.1, 0.15) is 28.8 Å². The first-order valence-corrected chi connectivity index (χ1v) is 9.85. The van der Waals surface area contributed by atoms with Gasteiger partial charge in [0.05, 0.1) is 6.54 Å². The van der Waals surface area contributed by atoms with Gasteiger partial charge in [0.15, 0.2) is 11.5 Å². The molecule has 0 atom stereocenters. The van der Waals surface area contributed by atoms with Crippen molar-refractivity contribution < 1.29 is 19.1 Å². The standard InChI is InChI=1S/C22H25N3O4/c1-25(13-15-2-4-16(5-3-15)22(27)24-17-6-7-17)14-21(26)23-18-8-9-19-20(12-18)29-11-10-28-19/h2-5,8-9,12,17H,6-7,10-11,13-14H2,1H3,(H,23,26)(H,24,27). The third-order valence-electron chi connectivity index (χ3n) is 4.82. The Morgan fingerprint density at radius 2 is 1.76 bits per heavy atom. The summed E-state index contributed by atoms with van der Waals surface area (Å²) in [4.78, 5) is 26.3. The van der Waals surface area contributed by atoms with Gasteiger partial charge < -0.3 is 20.1 Å². The van der Waals surface area contributed by atoms with Crippen molar-refractivity contribution in [3.05, 3.63) is 53.6 Å². The Hall–Kier alpha value is -3.06. The molecule has 2 amide bonds. The van der Waals surface area contributed by atoms with Crippen LogP contribution in [0.25, 0.3) is 0 Å². The number of nitrogens with one attached hydrogen (secondary N) is 2. The number of anilines is 1. The molecule has 0 radical (unpaired) electrons. The van der Waals surface area contributed by atoms with E-state index in [-0.39, 0.29) is 18.4 Å². The van der Waals surface area contributed by atoms with Gasteiger partial charge >= 0.3 is 0 Å². The molecular weight excluding hydrogens is 370 g/mol. The molecule has 1 fully saturated rings. The second-order valence-corrected chi connectivity index (χ2v) is 7.52. The Balaban J connectivity index is 1.27. The summed E-state index contributed by atoms with van der Waals surface area (Å²) in [6.07, 6.45) is 2.14. The molecule has 29 heavy (non-hydrogen) atoms. The van der Waals surface area contributed by atoms with Crippen LogP contribution in [0.5, 0.6) is 11.5 Å². The fourth-order valence-electron chi connectivity index (χ4n) is 3.19. The first-order chi connectivity index (χ1) is 14.1. The molecule has 0 aromatic heterocycles. The Morgan fingerprint density at radius 1 is 1.03 bits per heavy atom. The number of benzene rings is 2. The first kappa shape index (κ1) is 19.3. The summed E-state index contributed by atoms with van der Waals surface area (Å²) in [6.45, 7) is 1.90. The minimum absolute atomic E-state index is 0.0220. The van der Waals surface area contributed by atoms with Crippen LogP contribution >= 0.6 is 0 Å². The van der Waals surface area contributed by atoms with Crippen LogP contribution in [0.3, 0.4) is 0 Å². The lowest BCUT2D eigenvalue weighted by Crippen LogP contribution is -2.30. The van der Waals surface area contributed by atoms with Crippen LogP contribution in [0.4, 0.5) is 5.69 Å². The second-order valence-electron chi connectivity index (χ2n) is 7.52. The van der Waals surface area contributed by atoms with Crippen molar-refractivity contribution in [3.8, 4) is 11.5 Å². The predicted octanol–water partition coefficient (Wildman–Crippen LogP) is 2.42. The summed E-state index contributed by atoms with van der Waals surface area (Å²) in [5, 5.41) is 5.87. The third-order valence-corrected chi connectivity index (χ3v) is 4.82. The van der Waals surface area contributed by atoms with Crippen LogP contribution in [0, 0.1) is 0 Å². The quantitative estimate of drug-likeness (QED) is 0.753. The maximum Gasteiger partial charge on any atom is 0.251 e. The predicted molar refractivity (Wildman–Crippen MR) is 109 cm³/mol. The first-order valence-electron chi connectivity index (χ1n) is 9.85. The maximum atomic E-state index is 12.4. The smallest absolute Gasteiger partial charge is 0.251 e. The van der Waals surface area contributed by atoms with Crippen LogP contribution in [0.15, 0.2) is 42.5 Å². The molecule has 0 spiro atoms. The van der Waals surface area contributed by atoms with Crippen LogP contribution in [-0.4, -0.2) is 49.6 Å². The van der Waals surface area contributed by atoms with Crippen LogP contribution < -0.4 is 20.1 Å². The topological polar surface area (TPSA) is 79.9 Å². The molecule has 1 saturated carbocycles. The SMILES string of the molecule is CN(CC(=O)Nc1ccc2c(c1)OCCO2)Cc1ccc(C(=O)NC2CC2)cc1. The van der Waals surface area contributed by atoms with Crippen molar-refractivity contribution in [2.75, 3.05) is 32.1 Å². The molecule has 1 aliphatic carbocycles. The minimum atomic E-state index is -0.107. The largest absolute Gasteiger partial charge is 0.486 e. The summed E-state index contributed by atoms with van der Waals surface area (Å²) in [5.74, 6) is 1.21. The maximum absolute atomic E-state index is 12.4. The third kappa shape index (κ3) is 5.26. The van der Waals surface area contributed by atoms with Crippen molar-refractivity contribution in [1.29, 1.82) is 0 Å². The lowest BCUT2D eigenvalue weighted by Gasteiger charge is -2.20. The van der Waals surface area contributed by atoms with E-state index in [1.54, 1.807) is 18.2 Å². The van der Waals surface area contributed by atoms with Crippen LogP contribution in [0.2, 0.25) is 0 Å². The highest BCUT2D eigenvalue weighted by Gasteiger charge is 2.23. The number of hydrogen-bond acceptors (Lipinski definition) is 5. The zero-order chi connectivity index (χ0) is 20.2. The summed E-state index contributed by atoms with van der Waals surface area (Å²) < 4.78 is 11.0. The molecule has 152 valence electrons. The lowest BCUT2D eigenvalue weighted by atomic mass is 10.1. The van der Waals surface area contributed by atoms with Crippen molar-refractivity contribution in [2.24, 2.45) is 0 Å².